The van der Waals surface area contributed by atoms with Gasteiger partial charge in [-0.1, -0.05) is 0 Å². The molecule has 2 aliphatic rings. The van der Waals surface area contributed by atoms with Crippen molar-refractivity contribution in [2.45, 2.75) is 30.2 Å². The first kappa shape index (κ1) is 10.4. The Hall–Kier alpha value is -1.11. The average molecular weight is 232 g/mol. The lowest BCUT2D eigenvalue weighted by atomic mass is 10.0. The van der Waals surface area contributed by atoms with Gasteiger partial charge in [-0.3, -0.25) is 9.00 Å². The van der Waals surface area contributed by atoms with E-state index in [2.05, 4.69) is 10.6 Å². The number of urea groups is 1. The molecule has 0 aliphatic carbocycles. The lowest BCUT2D eigenvalue weighted by Gasteiger charge is -2.14. The van der Waals surface area contributed by atoms with Crippen LogP contribution in [-0.2, 0) is 15.6 Å². The van der Waals surface area contributed by atoms with Gasteiger partial charge in [0.05, 0.1) is 17.3 Å². The second-order valence-electron chi connectivity index (χ2n) is 3.77. The van der Waals surface area contributed by atoms with Gasteiger partial charge in [0.1, 0.15) is 0 Å². The number of nitrogens with one attached hydrogen (secondary N) is 2. The van der Waals surface area contributed by atoms with Crippen molar-refractivity contribution in [3.8, 4) is 0 Å². The Morgan fingerprint density at radius 3 is 2.93 bits per heavy atom. The van der Waals surface area contributed by atoms with Gasteiger partial charge in [-0.15, -0.1) is 0 Å². The molecule has 2 saturated heterocycles. The molecule has 0 saturated carbocycles. The molecule has 0 bridgehead atoms. The first-order valence-electron chi connectivity index (χ1n) is 4.74. The largest absolute Gasteiger partial charge is 0.481 e. The summed E-state index contributed by atoms with van der Waals surface area (Å²) in [4.78, 5) is 21.4. The highest BCUT2D eigenvalue weighted by Crippen LogP contribution is 2.24. The van der Waals surface area contributed by atoms with E-state index >= 15 is 0 Å². The standard InChI is InChI=1S/C8H12N2O4S/c11-6(12)2-1-5-7-4(3-15(5)14)9-8(13)10-7/h4-5,7H,1-3H2,(H,11,12)(H2,9,10,13). The SMILES string of the molecule is O=C(O)CCC1C2NC(=O)NC2CS1=O. The molecule has 2 rings (SSSR count). The highest BCUT2D eigenvalue weighted by Gasteiger charge is 2.46. The second kappa shape index (κ2) is 3.80. The van der Waals surface area contributed by atoms with Crippen LogP contribution in [0.1, 0.15) is 12.8 Å². The average Bonchev–Trinajstić information content (AvgIpc) is 2.57. The Balaban J connectivity index is 2.00. The summed E-state index contributed by atoms with van der Waals surface area (Å²) >= 11 is 0. The van der Waals surface area contributed by atoms with Crippen molar-refractivity contribution in [3.63, 3.8) is 0 Å². The van der Waals surface area contributed by atoms with Crippen molar-refractivity contribution in [1.82, 2.24) is 10.6 Å². The zero-order valence-corrected chi connectivity index (χ0v) is 8.75. The third-order valence-electron chi connectivity index (χ3n) is 2.77. The molecule has 15 heavy (non-hydrogen) atoms. The van der Waals surface area contributed by atoms with E-state index in [1.807, 2.05) is 0 Å². The van der Waals surface area contributed by atoms with E-state index in [0.29, 0.717) is 12.2 Å². The molecule has 7 heteroatoms. The highest BCUT2D eigenvalue weighted by atomic mass is 32.2. The molecule has 0 radical (unpaired) electrons. The van der Waals surface area contributed by atoms with Gasteiger partial charge in [0.15, 0.2) is 0 Å². The quantitative estimate of drug-likeness (QED) is 0.546. The minimum absolute atomic E-state index is 0.00447. The Morgan fingerprint density at radius 2 is 2.27 bits per heavy atom. The number of hydrogen-bond acceptors (Lipinski definition) is 3. The van der Waals surface area contributed by atoms with E-state index in [9.17, 15) is 13.8 Å². The van der Waals surface area contributed by atoms with Crippen molar-refractivity contribution in [1.29, 1.82) is 0 Å². The maximum absolute atomic E-state index is 11.6. The van der Waals surface area contributed by atoms with E-state index in [0.717, 1.165) is 0 Å². The predicted molar refractivity (Wildman–Crippen MR) is 52.9 cm³/mol. The molecule has 4 atom stereocenters. The third-order valence-corrected chi connectivity index (χ3v) is 4.66. The Labute approximate surface area is 88.9 Å². The van der Waals surface area contributed by atoms with Crippen LogP contribution < -0.4 is 10.6 Å². The number of carboxylic acid groups (broad SMARTS) is 1. The summed E-state index contributed by atoms with van der Waals surface area (Å²) in [5.74, 6) is -0.471. The van der Waals surface area contributed by atoms with Gasteiger partial charge in [-0.25, -0.2) is 4.79 Å². The van der Waals surface area contributed by atoms with E-state index in [1.54, 1.807) is 0 Å². The van der Waals surface area contributed by atoms with Crippen LogP contribution in [0.3, 0.4) is 0 Å². The number of fused-ring (bicyclic) bond motifs is 1. The summed E-state index contributed by atoms with van der Waals surface area (Å²) in [6, 6.07) is -0.517. The van der Waals surface area contributed by atoms with E-state index < -0.39 is 16.8 Å². The Bertz CT molecular complexity index is 333. The fraction of sp³-hybridized carbons (Fsp3) is 0.750. The number of aliphatic carboxylic acids is 1. The van der Waals surface area contributed by atoms with Crippen LogP contribution in [0.2, 0.25) is 0 Å². The van der Waals surface area contributed by atoms with Crippen LogP contribution in [0.25, 0.3) is 0 Å². The van der Waals surface area contributed by atoms with Crippen molar-refractivity contribution >= 4 is 22.8 Å². The van der Waals surface area contributed by atoms with Gasteiger partial charge in [0, 0.05) is 23.0 Å². The monoisotopic (exact) mass is 232 g/mol. The number of rotatable bonds is 3. The third kappa shape index (κ3) is 1.97. The summed E-state index contributed by atoms with van der Waals surface area (Å²) in [5, 5.41) is 13.7. The fourth-order valence-corrected chi connectivity index (χ4v) is 3.95. The van der Waals surface area contributed by atoms with Crippen molar-refractivity contribution in [3.05, 3.63) is 0 Å². The van der Waals surface area contributed by atoms with Gasteiger partial charge in [0.2, 0.25) is 0 Å². The molecule has 6 nitrogen and oxygen atoms in total. The minimum atomic E-state index is -1.04. The molecule has 0 aromatic heterocycles. The number of hydrogen-bond donors (Lipinski definition) is 3. The van der Waals surface area contributed by atoms with Gasteiger partial charge in [-0.05, 0) is 6.42 Å². The zero-order chi connectivity index (χ0) is 11.0. The predicted octanol–water partition coefficient (Wildman–Crippen LogP) is -0.968. The topological polar surface area (TPSA) is 95.5 Å². The van der Waals surface area contributed by atoms with E-state index in [-0.39, 0.29) is 29.8 Å². The maximum Gasteiger partial charge on any atom is 0.315 e. The van der Waals surface area contributed by atoms with Crippen molar-refractivity contribution in [2.75, 3.05) is 5.75 Å². The summed E-state index contributed by atoms with van der Waals surface area (Å²) < 4.78 is 11.6. The van der Waals surface area contributed by atoms with Crippen LogP contribution in [0.5, 0.6) is 0 Å². The molecule has 2 fully saturated rings. The van der Waals surface area contributed by atoms with Gasteiger partial charge in [-0.2, -0.15) is 0 Å². The van der Waals surface area contributed by atoms with E-state index in [4.69, 9.17) is 5.11 Å². The van der Waals surface area contributed by atoms with Crippen LogP contribution >= 0.6 is 0 Å². The number of carboxylic acids is 1. The number of carbonyl (C=O) groups excluding carboxylic acids is 1. The summed E-state index contributed by atoms with van der Waals surface area (Å²) in [6.45, 7) is 0. The molecule has 3 N–H and O–H groups in total. The molecular weight excluding hydrogens is 220 g/mol. The fourth-order valence-electron chi connectivity index (χ4n) is 2.09. The zero-order valence-electron chi connectivity index (χ0n) is 7.93. The Morgan fingerprint density at radius 1 is 1.53 bits per heavy atom. The van der Waals surface area contributed by atoms with Crippen LogP contribution in [-0.4, -0.2) is 44.4 Å². The van der Waals surface area contributed by atoms with Gasteiger partial charge < -0.3 is 15.7 Å². The summed E-state index contributed by atoms with van der Waals surface area (Å²) in [6.07, 6.45) is 0.348. The lowest BCUT2D eigenvalue weighted by molar-refractivity contribution is -0.137. The first-order chi connectivity index (χ1) is 7.08. The second-order valence-corrected chi connectivity index (χ2v) is 5.47. The summed E-state index contributed by atoms with van der Waals surface area (Å²) in [7, 11) is -1.04. The molecule has 2 aliphatic heterocycles. The number of amides is 2. The molecule has 4 unspecified atom stereocenters. The minimum Gasteiger partial charge on any atom is -0.481 e. The molecule has 2 amide bonds. The van der Waals surface area contributed by atoms with Crippen molar-refractivity contribution < 1.29 is 18.9 Å². The normalized spacial score (nSPS) is 38.3. The highest BCUT2D eigenvalue weighted by molar-refractivity contribution is 7.86. The number of carbonyl (C=O) groups is 2. The first-order valence-corrected chi connectivity index (χ1v) is 6.12. The summed E-state index contributed by atoms with van der Waals surface area (Å²) in [5.41, 5.74) is 0. The van der Waals surface area contributed by atoms with E-state index in [1.165, 1.54) is 0 Å². The van der Waals surface area contributed by atoms with Crippen LogP contribution in [0.4, 0.5) is 4.79 Å². The molecular formula is C8H12N2O4S. The Kier molecular flexibility index (Phi) is 2.64. The van der Waals surface area contributed by atoms with Crippen LogP contribution in [0.15, 0.2) is 0 Å². The lowest BCUT2D eigenvalue weighted by Crippen LogP contribution is -2.38. The molecule has 84 valence electrons. The van der Waals surface area contributed by atoms with Crippen molar-refractivity contribution in [2.24, 2.45) is 0 Å². The molecule has 0 spiro atoms. The molecule has 0 aromatic carbocycles. The van der Waals surface area contributed by atoms with Gasteiger partial charge in [0.25, 0.3) is 0 Å². The van der Waals surface area contributed by atoms with Gasteiger partial charge >= 0.3 is 12.0 Å². The molecule has 2 heterocycles. The molecule has 0 aromatic rings. The maximum atomic E-state index is 11.6. The smallest absolute Gasteiger partial charge is 0.315 e. The van der Waals surface area contributed by atoms with Crippen LogP contribution in [0, 0.1) is 0 Å².